The first-order valence-corrected chi connectivity index (χ1v) is 8.50. The summed E-state index contributed by atoms with van der Waals surface area (Å²) in [7, 11) is -3.52. The molecule has 1 aliphatic carbocycles. The summed E-state index contributed by atoms with van der Waals surface area (Å²) in [6.45, 7) is 3.68. The van der Waals surface area contributed by atoms with Gasteiger partial charge in [-0.2, -0.15) is 0 Å². The van der Waals surface area contributed by atoms with Crippen LogP contribution < -0.4 is 10.3 Å². The Morgan fingerprint density at radius 3 is 2.50 bits per heavy atom. The lowest BCUT2D eigenvalue weighted by Crippen LogP contribution is -2.34. The molecular formula is C15H22N2O2S. The Balaban J connectivity index is 2.05. The fraction of sp³-hybridized carbons (Fsp3) is 0.467. The number of aryl methyl sites for hydroxylation is 2. The summed E-state index contributed by atoms with van der Waals surface area (Å²) in [5.41, 5.74) is 5.70. The third kappa shape index (κ3) is 3.84. The second kappa shape index (κ2) is 6.41. The molecule has 1 saturated carbocycles. The molecule has 0 spiro atoms. The van der Waals surface area contributed by atoms with E-state index in [-0.39, 0.29) is 0 Å². The molecule has 0 unspecified atom stereocenters. The van der Waals surface area contributed by atoms with E-state index < -0.39 is 10.0 Å². The minimum absolute atomic E-state index is 0.326. The molecule has 2 N–H and O–H groups in total. The fourth-order valence-electron chi connectivity index (χ4n) is 2.41. The van der Waals surface area contributed by atoms with Crippen LogP contribution in [0.3, 0.4) is 0 Å². The predicted molar refractivity (Wildman–Crippen MR) is 80.5 cm³/mol. The Labute approximate surface area is 121 Å². The van der Waals surface area contributed by atoms with Gasteiger partial charge in [0.15, 0.2) is 0 Å². The average molecular weight is 294 g/mol. The molecule has 1 aliphatic rings. The predicted octanol–water partition coefficient (Wildman–Crippen LogP) is 2.93. The highest BCUT2D eigenvalue weighted by Crippen LogP contribution is 2.21. The standard InChI is InChI=1S/C15H22N2O2S/c1-12-8-9-13(2)15(10-12)20(18,19)17-16-11-14-6-4-3-5-7-14/h8-11,16-17H,3-7H2,1-2H3. The topological polar surface area (TPSA) is 58.2 Å². The normalized spacial score (nSPS) is 16.0. The highest BCUT2D eigenvalue weighted by molar-refractivity contribution is 7.89. The number of allylic oxidation sites excluding steroid dienone is 1. The first-order chi connectivity index (χ1) is 9.49. The first kappa shape index (κ1) is 15.1. The van der Waals surface area contributed by atoms with Crippen LogP contribution in [0, 0.1) is 13.8 Å². The molecule has 0 radical (unpaired) electrons. The van der Waals surface area contributed by atoms with E-state index in [2.05, 4.69) is 10.3 Å². The summed E-state index contributed by atoms with van der Waals surface area (Å²) in [4.78, 5) is 2.76. The summed E-state index contributed by atoms with van der Waals surface area (Å²) in [6.07, 6.45) is 7.55. The van der Waals surface area contributed by atoms with Gasteiger partial charge in [-0.25, -0.2) is 8.42 Å². The molecular weight excluding hydrogens is 272 g/mol. The van der Waals surface area contributed by atoms with Crippen molar-refractivity contribution in [1.82, 2.24) is 10.3 Å². The van der Waals surface area contributed by atoms with E-state index in [9.17, 15) is 8.42 Å². The summed E-state index contributed by atoms with van der Waals surface area (Å²) < 4.78 is 24.5. The maximum absolute atomic E-state index is 12.2. The van der Waals surface area contributed by atoms with Gasteiger partial charge in [0.05, 0.1) is 4.90 Å². The van der Waals surface area contributed by atoms with Gasteiger partial charge in [0.2, 0.25) is 0 Å². The first-order valence-electron chi connectivity index (χ1n) is 7.01. The van der Waals surface area contributed by atoms with Crippen LogP contribution >= 0.6 is 0 Å². The van der Waals surface area contributed by atoms with Gasteiger partial charge in [-0.15, -0.1) is 4.83 Å². The van der Waals surface area contributed by atoms with Crippen molar-refractivity contribution >= 4 is 10.0 Å². The average Bonchev–Trinajstić information content (AvgIpc) is 2.42. The molecule has 1 aromatic carbocycles. The fourth-order valence-corrected chi connectivity index (χ4v) is 3.57. The van der Waals surface area contributed by atoms with Gasteiger partial charge in [0.25, 0.3) is 10.0 Å². The van der Waals surface area contributed by atoms with Gasteiger partial charge in [0.1, 0.15) is 0 Å². The lowest BCUT2D eigenvalue weighted by atomic mass is 9.96. The van der Waals surface area contributed by atoms with E-state index in [4.69, 9.17) is 0 Å². The molecule has 0 aromatic heterocycles. The van der Waals surface area contributed by atoms with Crippen LogP contribution in [0.15, 0.2) is 34.9 Å². The summed E-state index contributed by atoms with van der Waals surface area (Å²) in [6, 6.07) is 5.42. The molecule has 0 bridgehead atoms. The van der Waals surface area contributed by atoms with Gasteiger partial charge in [-0.05, 0) is 56.7 Å². The molecule has 1 fully saturated rings. The number of hydrogen-bond donors (Lipinski definition) is 2. The molecule has 2 rings (SSSR count). The van der Waals surface area contributed by atoms with E-state index >= 15 is 0 Å². The van der Waals surface area contributed by atoms with Crippen molar-refractivity contribution in [3.63, 3.8) is 0 Å². The minimum atomic E-state index is -3.52. The zero-order valence-corrected chi connectivity index (χ0v) is 12.9. The maximum atomic E-state index is 12.2. The Bertz CT molecular complexity index is 598. The van der Waals surface area contributed by atoms with Crippen LogP contribution in [-0.2, 0) is 10.0 Å². The van der Waals surface area contributed by atoms with E-state index in [1.807, 2.05) is 19.1 Å². The van der Waals surface area contributed by atoms with Crippen molar-refractivity contribution in [1.29, 1.82) is 0 Å². The molecule has 5 heteroatoms. The minimum Gasteiger partial charge on any atom is -0.315 e. The van der Waals surface area contributed by atoms with E-state index in [0.29, 0.717) is 4.90 Å². The van der Waals surface area contributed by atoms with E-state index in [1.165, 1.54) is 24.8 Å². The third-order valence-corrected chi connectivity index (χ3v) is 5.00. The Morgan fingerprint density at radius 1 is 1.10 bits per heavy atom. The number of hydrogen-bond acceptors (Lipinski definition) is 3. The summed E-state index contributed by atoms with van der Waals surface area (Å²) >= 11 is 0. The van der Waals surface area contributed by atoms with Crippen LogP contribution in [0.1, 0.15) is 43.2 Å². The molecule has 20 heavy (non-hydrogen) atoms. The van der Waals surface area contributed by atoms with Crippen molar-refractivity contribution in [2.45, 2.75) is 50.8 Å². The van der Waals surface area contributed by atoms with Crippen molar-refractivity contribution in [3.05, 3.63) is 41.1 Å². The van der Waals surface area contributed by atoms with E-state index in [0.717, 1.165) is 24.0 Å². The van der Waals surface area contributed by atoms with Gasteiger partial charge in [-0.1, -0.05) is 24.1 Å². The van der Waals surface area contributed by atoms with Crippen LogP contribution in [0.2, 0.25) is 0 Å². The van der Waals surface area contributed by atoms with E-state index in [1.54, 1.807) is 19.2 Å². The Morgan fingerprint density at radius 2 is 1.80 bits per heavy atom. The smallest absolute Gasteiger partial charge is 0.257 e. The Hall–Kier alpha value is -1.33. The number of sulfonamides is 1. The van der Waals surface area contributed by atoms with Crippen molar-refractivity contribution in [3.8, 4) is 0 Å². The van der Waals surface area contributed by atoms with Crippen molar-refractivity contribution < 1.29 is 8.42 Å². The summed E-state index contributed by atoms with van der Waals surface area (Å²) in [5, 5.41) is 0. The van der Waals surface area contributed by atoms with Crippen LogP contribution in [0.5, 0.6) is 0 Å². The van der Waals surface area contributed by atoms with Gasteiger partial charge >= 0.3 is 0 Å². The Kier molecular flexibility index (Phi) is 4.83. The zero-order chi connectivity index (χ0) is 14.6. The van der Waals surface area contributed by atoms with Crippen LogP contribution in [0.25, 0.3) is 0 Å². The van der Waals surface area contributed by atoms with Crippen molar-refractivity contribution in [2.75, 3.05) is 0 Å². The molecule has 0 atom stereocenters. The third-order valence-electron chi connectivity index (χ3n) is 3.60. The molecule has 4 nitrogen and oxygen atoms in total. The molecule has 0 saturated heterocycles. The van der Waals surface area contributed by atoms with Crippen LogP contribution in [-0.4, -0.2) is 8.42 Å². The molecule has 0 heterocycles. The highest BCUT2D eigenvalue weighted by atomic mass is 32.2. The number of rotatable bonds is 4. The quantitative estimate of drug-likeness (QED) is 0.839. The van der Waals surface area contributed by atoms with Gasteiger partial charge in [-0.3, -0.25) is 0 Å². The largest absolute Gasteiger partial charge is 0.315 e. The van der Waals surface area contributed by atoms with Gasteiger partial charge < -0.3 is 5.43 Å². The highest BCUT2D eigenvalue weighted by Gasteiger charge is 2.16. The second-order valence-corrected chi connectivity index (χ2v) is 7.03. The number of nitrogens with one attached hydrogen (secondary N) is 2. The zero-order valence-electron chi connectivity index (χ0n) is 12.1. The molecule has 110 valence electrons. The SMILES string of the molecule is Cc1ccc(C)c(S(=O)(=O)NNC=C2CCCCC2)c1. The summed E-state index contributed by atoms with van der Waals surface area (Å²) in [5.74, 6) is 0. The molecule has 0 amide bonds. The van der Waals surface area contributed by atoms with Crippen molar-refractivity contribution in [2.24, 2.45) is 0 Å². The monoisotopic (exact) mass is 294 g/mol. The number of hydrazine groups is 1. The number of benzene rings is 1. The molecule has 0 aliphatic heterocycles. The lowest BCUT2D eigenvalue weighted by molar-refractivity contribution is 0.567. The molecule has 1 aromatic rings. The lowest BCUT2D eigenvalue weighted by Gasteiger charge is -2.14. The maximum Gasteiger partial charge on any atom is 0.257 e. The second-order valence-electron chi connectivity index (χ2n) is 5.38. The van der Waals surface area contributed by atoms with Crippen LogP contribution in [0.4, 0.5) is 0 Å². The van der Waals surface area contributed by atoms with Gasteiger partial charge in [0, 0.05) is 6.20 Å².